The Hall–Kier alpha value is -2.58. The van der Waals surface area contributed by atoms with Gasteiger partial charge in [0.1, 0.15) is 11.4 Å². The second kappa shape index (κ2) is 5.43. The van der Waals surface area contributed by atoms with Crippen LogP contribution in [0.1, 0.15) is 17.4 Å². The zero-order valence-electron chi connectivity index (χ0n) is 10.8. The van der Waals surface area contributed by atoms with Gasteiger partial charge >= 0.3 is 0 Å². The topological polar surface area (TPSA) is 72.9 Å². The average molecular weight is 302 g/mol. The highest BCUT2D eigenvalue weighted by molar-refractivity contribution is 6.06. The number of carbonyl (C=O) groups excluding carboxylic acids is 1. The van der Waals surface area contributed by atoms with E-state index in [1.54, 1.807) is 12.2 Å². The molecule has 0 aliphatic carbocycles. The number of nitrogens with two attached hydrogens (primary N) is 1. The average Bonchev–Trinajstić information content (AvgIpc) is 2.82. The molecule has 0 saturated heterocycles. The minimum absolute atomic E-state index is 0.0351. The van der Waals surface area contributed by atoms with Crippen LogP contribution in [0.2, 0.25) is 0 Å². The Balaban J connectivity index is 2.43. The van der Waals surface area contributed by atoms with Crippen LogP contribution in [-0.2, 0) is 6.54 Å². The molecule has 2 rings (SSSR count). The van der Waals surface area contributed by atoms with Gasteiger partial charge in [0, 0.05) is 12.6 Å². The number of anilines is 2. The van der Waals surface area contributed by atoms with E-state index in [0.29, 0.717) is 0 Å². The third-order valence-corrected chi connectivity index (χ3v) is 2.73. The molecule has 2 aromatic rings. The van der Waals surface area contributed by atoms with Crippen LogP contribution in [0.3, 0.4) is 0 Å². The van der Waals surface area contributed by atoms with E-state index in [0.717, 1.165) is 0 Å². The van der Waals surface area contributed by atoms with E-state index in [1.165, 1.54) is 10.9 Å². The first-order chi connectivity index (χ1) is 9.86. The summed E-state index contributed by atoms with van der Waals surface area (Å²) in [4.78, 5) is 12.0. The first kappa shape index (κ1) is 14.8. The van der Waals surface area contributed by atoms with E-state index >= 15 is 0 Å². The maximum absolute atomic E-state index is 13.5. The van der Waals surface area contributed by atoms with Gasteiger partial charge in [-0.05, 0) is 6.92 Å². The summed E-state index contributed by atoms with van der Waals surface area (Å²) in [6.07, 6.45) is 1.18. The van der Waals surface area contributed by atoms with Gasteiger partial charge < -0.3 is 11.1 Å². The highest BCUT2D eigenvalue weighted by atomic mass is 19.2. The molecule has 0 bridgehead atoms. The normalized spacial score (nSPS) is 10.7. The van der Waals surface area contributed by atoms with Gasteiger partial charge in [0.25, 0.3) is 5.91 Å². The molecule has 0 fully saturated rings. The zero-order valence-corrected chi connectivity index (χ0v) is 10.8. The molecule has 1 amide bonds. The van der Waals surface area contributed by atoms with Gasteiger partial charge in [-0.2, -0.15) is 5.10 Å². The van der Waals surface area contributed by atoms with Crippen molar-refractivity contribution in [2.75, 3.05) is 11.1 Å². The Kier molecular flexibility index (Phi) is 3.83. The van der Waals surface area contributed by atoms with Crippen molar-refractivity contribution in [2.45, 2.75) is 13.5 Å². The predicted octanol–water partition coefficient (Wildman–Crippen LogP) is 2.29. The van der Waals surface area contributed by atoms with E-state index in [1.807, 2.05) is 0 Å². The summed E-state index contributed by atoms with van der Waals surface area (Å²) in [5.41, 5.74) is 4.11. The second-order valence-electron chi connectivity index (χ2n) is 4.06. The highest BCUT2D eigenvalue weighted by Gasteiger charge is 2.23. The monoisotopic (exact) mass is 302 g/mol. The summed E-state index contributed by atoms with van der Waals surface area (Å²) in [6.45, 7) is 1.93. The van der Waals surface area contributed by atoms with Crippen molar-refractivity contribution >= 4 is 17.3 Å². The summed E-state index contributed by atoms with van der Waals surface area (Å²) < 4.78 is 54.3. The largest absolute Gasteiger partial charge is 0.396 e. The highest BCUT2D eigenvalue weighted by Crippen LogP contribution is 2.25. The smallest absolute Gasteiger partial charge is 0.276 e. The molecule has 1 aromatic heterocycles. The van der Waals surface area contributed by atoms with E-state index < -0.39 is 34.9 Å². The van der Waals surface area contributed by atoms with Crippen molar-refractivity contribution in [3.63, 3.8) is 0 Å². The van der Waals surface area contributed by atoms with Gasteiger partial charge in [-0.1, -0.05) is 0 Å². The van der Waals surface area contributed by atoms with Crippen LogP contribution in [0.15, 0.2) is 12.3 Å². The number of aryl methyl sites for hydroxylation is 1. The van der Waals surface area contributed by atoms with Gasteiger partial charge in [0.15, 0.2) is 23.3 Å². The van der Waals surface area contributed by atoms with Crippen molar-refractivity contribution in [3.05, 3.63) is 41.2 Å². The van der Waals surface area contributed by atoms with Gasteiger partial charge in [-0.3, -0.25) is 9.48 Å². The van der Waals surface area contributed by atoms with Crippen LogP contribution >= 0.6 is 0 Å². The molecule has 5 nitrogen and oxygen atoms in total. The van der Waals surface area contributed by atoms with Gasteiger partial charge in [-0.25, -0.2) is 17.6 Å². The Bertz CT molecular complexity index is 688. The van der Waals surface area contributed by atoms with Gasteiger partial charge in [0.05, 0.1) is 11.9 Å². The molecule has 9 heteroatoms. The number of aromatic nitrogens is 2. The number of hydrogen-bond acceptors (Lipinski definition) is 3. The number of nitrogen functional groups attached to an aromatic ring is 1. The van der Waals surface area contributed by atoms with Gasteiger partial charge in [0.2, 0.25) is 0 Å². The number of halogens is 4. The second-order valence-corrected chi connectivity index (χ2v) is 4.06. The summed E-state index contributed by atoms with van der Waals surface area (Å²) in [7, 11) is 0. The maximum atomic E-state index is 13.5. The fourth-order valence-electron chi connectivity index (χ4n) is 1.74. The first-order valence-corrected chi connectivity index (χ1v) is 5.82. The molecule has 21 heavy (non-hydrogen) atoms. The molecule has 0 radical (unpaired) electrons. The Labute approximate surface area is 116 Å². The van der Waals surface area contributed by atoms with Crippen molar-refractivity contribution in [1.29, 1.82) is 0 Å². The number of benzene rings is 1. The molecule has 0 unspecified atom stereocenters. The van der Waals surface area contributed by atoms with Crippen LogP contribution in [0.5, 0.6) is 0 Å². The predicted molar refractivity (Wildman–Crippen MR) is 66.5 cm³/mol. The lowest BCUT2D eigenvalue weighted by Gasteiger charge is -2.10. The van der Waals surface area contributed by atoms with Crippen LogP contribution in [0.4, 0.5) is 28.9 Å². The number of hydrogen-bond donors (Lipinski definition) is 2. The first-order valence-electron chi connectivity index (χ1n) is 5.82. The molecule has 0 aliphatic heterocycles. The van der Waals surface area contributed by atoms with Crippen LogP contribution in [-0.4, -0.2) is 15.7 Å². The fourth-order valence-corrected chi connectivity index (χ4v) is 1.74. The third kappa shape index (κ3) is 2.54. The Morgan fingerprint density at radius 3 is 2.38 bits per heavy atom. The van der Waals surface area contributed by atoms with E-state index in [9.17, 15) is 22.4 Å². The minimum atomic E-state index is -1.71. The number of nitrogens with one attached hydrogen (secondary N) is 1. The molecule has 3 N–H and O–H groups in total. The summed E-state index contributed by atoms with van der Waals surface area (Å²) >= 11 is 0. The van der Waals surface area contributed by atoms with Crippen LogP contribution < -0.4 is 11.1 Å². The van der Waals surface area contributed by atoms with E-state index in [4.69, 9.17) is 5.73 Å². The third-order valence-electron chi connectivity index (χ3n) is 2.73. The van der Waals surface area contributed by atoms with Crippen LogP contribution in [0.25, 0.3) is 0 Å². The van der Waals surface area contributed by atoms with Crippen molar-refractivity contribution < 1.29 is 22.4 Å². The van der Waals surface area contributed by atoms with Crippen molar-refractivity contribution in [3.8, 4) is 0 Å². The molecule has 0 atom stereocenters. The molecule has 0 spiro atoms. The van der Waals surface area contributed by atoms with E-state index in [2.05, 4.69) is 5.10 Å². The number of rotatable bonds is 3. The summed E-state index contributed by atoms with van der Waals surface area (Å²) in [5, 5.41) is 5.54. The Morgan fingerprint density at radius 2 is 1.86 bits per heavy atom. The summed E-state index contributed by atoms with van der Waals surface area (Å²) in [6, 6.07) is 0.0466. The fraction of sp³-hybridized carbons (Fsp3) is 0.167. The van der Waals surface area contributed by atoms with E-state index in [-0.39, 0.29) is 24.0 Å². The number of amides is 1. The Morgan fingerprint density at radius 1 is 1.29 bits per heavy atom. The standard InChI is InChI=1S/C12H10F4N4O/c1-2-20-11(7(17)4-18-20)12(21)19-10-8(15)5(13)3-6(14)9(10)16/h3-4H,2,17H2,1H3,(H,19,21). The molecule has 0 aliphatic rings. The van der Waals surface area contributed by atoms with Gasteiger partial charge in [-0.15, -0.1) is 0 Å². The molecule has 0 saturated carbocycles. The molecular weight excluding hydrogens is 292 g/mol. The molecule has 112 valence electrons. The summed E-state index contributed by atoms with van der Waals surface area (Å²) in [5.74, 6) is -7.69. The van der Waals surface area contributed by atoms with Crippen LogP contribution in [0, 0.1) is 23.3 Å². The van der Waals surface area contributed by atoms with Crippen molar-refractivity contribution in [1.82, 2.24) is 9.78 Å². The lowest BCUT2D eigenvalue weighted by atomic mass is 10.2. The van der Waals surface area contributed by atoms with Crippen molar-refractivity contribution in [2.24, 2.45) is 0 Å². The minimum Gasteiger partial charge on any atom is -0.396 e. The SMILES string of the molecule is CCn1ncc(N)c1C(=O)Nc1c(F)c(F)cc(F)c1F. The number of carbonyl (C=O) groups is 1. The molecular formula is C12H10F4N4O. The molecule has 1 aromatic carbocycles. The number of nitrogens with zero attached hydrogens (tertiary/aromatic N) is 2. The maximum Gasteiger partial charge on any atom is 0.276 e. The lowest BCUT2D eigenvalue weighted by molar-refractivity contribution is 0.101. The quantitative estimate of drug-likeness (QED) is 0.675. The lowest BCUT2D eigenvalue weighted by Crippen LogP contribution is -2.21. The zero-order chi connectivity index (χ0) is 15.7. The molecule has 1 heterocycles.